The molecule has 0 aliphatic heterocycles. The van der Waals surface area contributed by atoms with E-state index in [4.69, 9.17) is 16.3 Å². The zero-order chi connectivity index (χ0) is 15.2. The zero-order valence-electron chi connectivity index (χ0n) is 12.4. The van der Waals surface area contributed by atoms with E-state index in [1.54, 1.807) is 12.1 Å². The SMILES string of the molecule is CC(C)Cc1cccc(C(O)COc2cccc(Cl)c2)c1. The minimum Gasteiger partial charge on any atom is -0.490 e. The van der Waals surface area contributed by atoms with Gasteiger partial charge in [-0.3, -0.25) is 0 Å². The van der Waals surface area contributed by atoms with Crippen LogP contribution in [0.4, 0.5) is 0 Å². The fourth-order valence-electron chi connectivity index (χ4n) is 2.23. The molecule has 1 atom stereocenters. The van der Waals surface area contributed by atoms with Crippen LogP contribution in [0.1, 0.15) is 31.1 Å². The Morgan fingerprint density at radius 1 is 1.10 bits per heavy atom. The lowest BCUT2D eigenvalue weighted by atomic mass is 9.99. The van der Waals surface area contributed by atoms with Gasteiger partial charge in [-0.15, -0.1) is 0 Å². The van der Waals surface area contributed by atoms with E-state index in [0.717, 1.165) is 12.0 Å². The first-order valence-corrected chi connectivity index (χ1v) is 7.57. The molecule has 0 aliphatic carbocycles. The third-order valence-corrected chi connectivity index (χ3v) is 3.42. The molecule has 0 aromatic heterocycles. The quantitative estimate of drug-likeness (QED) is 0.841. The highest BCUT2D eigenvalue weighted by atomic mass is 35.5. The molecule has 2 aromatic rings. The van der Waals surface area contributed by atoms with Crippen molar-refractivity contribution < 1.29 is 9.84 Å². The van der Waals surface area contributed by atoms with E-state index < -0.39 is 6.10 Å². The van der Waals surface area contributed by atoms with Crippen molar-refractivity contribution in [2.24, 2.45) is 5.92 Å². The topological polar surface area (TPSA) is 29.5 Å². The lowest BCUT2D eigenvalue weighted by molar-refractivity contribution is 0.108. The predicted octanol–water partition coefficient (Wildman–Crippen LogP) is 4.65. The van der Waals surface area contributed by atoms with Crippen molar-refractivity contribution in [2.45, 2.75) is 26.4 Å². The van der Waals surface area contributed by atoms with Crippen LogP contribution in [-0.2, 0) is 6.42 Å². The maximum Gasteiger partial charge on any atom is 0.120 e. The summed E-state index contributed by atoms with van der Waals surface area (Å²) in [4.78, 5) is 0. The summed E-state index contributed by atoms with van der Waals surface area (Å²) in [6.07, 6.45) is 0.367. The molecule has 112 valence electrons. The highest BCUT2D eigenvalue weighted by molar-refractivity contribution is 6.30. The number of hydrogen-bond donors (Lipinski definition) is 1. The van der Waals surface area contributed by atoms with Gasteiger partial charge >= 0.3 is 0 Å². The minimum absolute atomic E-state index is 0.214. The van der Waals surface area contributed by atoms with Crippen LogP contribution in [0.2, 0.25) is 5.02 Å². The molecule has 0 saturated heterocycles. The molecule has 0 saturated carbocycles. The molecule has 2 aromatic carbocycles. The van der Waals surface area contributed by atoms with Crippen LogP contribution < -0.4 is 4.74 Å². The second-order valence-corrected chi connectivity index (χ2v) is 6.06. The number of benzene rings is 2. The van der Waals surface area contributed by atoms with E-state index in [2.05, 4.69) is 19.9 Å². The van der Waals surface area contributed by atoms with Crippen LogP contribution in [0.15, 0.2) is 48.5 Å². The molecule has 0 radical (unpaired) electrons. The van der Waals surface area contributed by atoms with Crippen molar-refractivity contribution in [3.05, 3.63) is 64.7 Å². The van der Waals surface area contributed by atoms with E-state index in [1.807, 2.05) is 30.3 Å². The van der Waals surface area contributed by atoms with Crippen LogP contribution in [0.3, 0.4) is 0 Å². The molecule has 0 aliphatic rings. The first kappa shape index (κ1) is 15.9. The molecule has 0 spiro atoms. The number of rotatable bonds is 6. The zero-order valence-corrected chi connectivity index (χ0v) is 13.2. The van der Waals surface area contributed by atoms with E-state index in [-0.39, 0.29) is 6.61 Å². The van der Waals surface area contributed by atoms with Crippen LogP contribution in [0.5, 0.6) is 5.75 Å². The number of halogens is 1. The molecule has 0 fully saturated rings. The Kier molecular flexibility index (Phi) is 5.66. The Labute approximate surface area is 131 Å². The highest BCUT2D eigenvalue weighted by Gasteiger charge is 2.10. The van der Waals surface area contributed by atoms with Gasteiger partial charge in [-0.1, -0.05) is 55.8 Å². The third kappa shape index (κ3) is 5.07. The van der Waals surface area contributed by atoms with Crippen LogP contribution >= 0.6 is 11.6 Å². The van der Waals surface area contributed by atoms with Crippen molar-refractivity contribution in [1.29, 1.82) is 0 Å². The van der Waals surface area contributed by atoms with Gasteiger partial charge in [0.05, 0.1) is 0 Å². The fraction of sp³-hybridized carbons (Fsp3) is 0.333. The molecule has 3 heteroatoms. The standard InChI is InChI=1S/C18H21ClO2/c1-13(2)9-14-5-3-6-15(10-14)18(20)12-21-17-8-4-7-16(19)11-17/h3-8,10-11,13,18,20H,9,12H2,1-2H3. The second-order valence-electron chi connectivity index (χ2n) is 5.63. The van der Waals surface area contributed by atoms with Crippen molar-refractivity contribution in [3.8, 4) is 5.75 Å². The summed E-state index contributed by atoms with van der Waals surface area (Å²) in [5.74, 6) is 1.26. The lowest BCUT2D eigenvalue weighted by Gasteiger charge is -2.14. The number of aliphatic hydroxyl groups is 1. The molecule has 1 N–H and O–H groups in total. The summed E-state index contributed by atoms with van der Waals surface area (Å²) in [6, 6.07) is 15.2. The van der Waals surface area contributed by atoms with Gasteiger partial charge in [0.2, 0.25) is 0 Å². The molecule has 0 amide bonds. The van der Waals surface area contributed by atoms with Crippen LogP contribution in [0.25, 0.3) is 0 Å². The first-order chi connectivity index (χ1) is 10.0. The predicted molar refractivity (Wildman–Crippen MR) is 86.9 cm³/mol. The van der Waals surface area contributed by atoms with E-state index in [0.29, 0.717) is 16.7 Å². The molecule has 0 heterocycles. The maximum absolute atomic E-state index is 10.3. The third-order valence-electron chi connectivity index (χ3n) is 3.18. The van der Waals surface area contributed by atoms with Gasteiger partial charge in [0.15, 0.2) is 0 Å². The van der Waals surface area contributed by atoms with Gasteiger partial charge in [0, 0.05) is 5.02 Å². The van der Waals surface area contributed by atoms with Crippen molar-refractivity contribution in [1.82, 2.24) is 0 Å². The largest absolute Gasteiger partial charge is 0.490 e. The smallest absolute Gasteiger partial charge is 0.120 e. The second kappa shape index (κ2) is 7.48. The summed E-state index contributed by atoms with van der Waals surface area (Å²) in [7, 11) is 0. The Balaban J connectivity index is 1.98. The summed E-state index contributed by atoms with van der Waals surface area (Å²) >= 11 is 5.90. The van der Waals surface area contributed by atoms with E-state index in [9.17, 15) is 5.11 Å². The normalized spacial score (nSPS) is 12.4. The van der Waals surface area contributed by atoms with Gasteiger partial charge in [-0.2, -0.15) is 0 Å². The van der Waals surface area contributed by atoms with Gasteiger partial charge in [-0.25, -0.2) is 0 Å². The maximum atomic E-state index is 10.3. The molecule has 2 nitrogen and oxygen atoms in total. The van der Waals surface area contributed by atoms with Crippen LogP contribution in [-0.4, -0.2) is 11.7 Å². The lowest BCUT2D eigenvalue weighted by Crippen LogP contribution is -2.10. The average molecular weight is 305 g/mol. The first-order valence-electron chi connectivity index (χ1n) is 7.20. The Morgan fingerprint density at radius 3 is 2.57 bits per heavy atom. The minimum atomic E-state index is -0.643. The fourth-order valence-corrected chi connectivity index (χ4v) is 2.41. The summed E-state index contributed by atoms with van der Waals surface area (Å²) in [6.45, 7) is 4.59. The van der Waals surface area contributed by atoms with Gasteiger partial charge in [-0.05, 0) is 41.7 Å². The Morgan fingerprint density at radius 2 is 1.86 bits per heavy atom. The van der Waals surface area contributed by atoms with E-state index in [1.165, 1.54) is 5.56 Å². The molecular weight excluding hydrogens is 284 g/mol. The Hall–Kier alpha value is -1.51. The van der Waals surface area contributed by atoms with Crippen LogP contribution in [0, 0.1) is 5.92 Å². The van der Waals surface area contributed by atoms with Crippen molar-refractivity contribution in [2.75, 3.05) is 6.61 Å². The molecule has 0 bridgehead atoms. The highest BCUT2D eigenvalue weighted by Crippen LogP contribution is 2.21. The number of aliphatic hydroxyl groups excluding tert-OH is 1. The summed E-state index contributed by atoms with van der Waals surface area (Å²) in [5, 5.41) is 10.9. The summed E-state index contributed by atoms with van der Waals surface area (Å²) < 4.78 is 5.59. The number of ether oxygens (including phenoxy) is 1. The average Bonchev–Trinajstić information content (AvgIpc) is 2.44. The number of hydrogen-bond acceptors (Lipinski definition) is 2. The molecule has 2 rings (SSSR count). The summed E-state index contributed by atoms with van der Waals surface area (Å²) in [5.41, 5.74) is 2.12. The van der Waals surface area contributed by atoms with Gasteiger partial charge in [0.1, 0.15) is 18.5 Å². The molecule has 21 heavy (non-hydrogen) atoms. The van der Waals surface area contributed by atoms with E-state index >= 15 is 0 Å². The van der Waals surface area contributed by atoms with Gasteiger partial charge < -0.3 is 9.84 Å². The molecule has 1 unspecified atom stereocenters. The Bertz CT molecular complexity index is 581. The van der Waals surface area contributed by atoms with Gasteiger partial charge in [0.25, 0.3) is 0 Å². The van der Waals surface area contributed by atoms with Crippen molar-refractivity contribution in [3.63, 3.8) is 0 Å². The monoisotopic (exact) mass is 304 g/mol. The van der Waals surface area contributed by atoms with Crippen molar-refractivity contribution >= 4 is 11.6 Å². The molecular formula is C18H21ClO2.